The smallest absolute Gasteiger partial charge is 0.126 e. The Morgan fingerprint density at radius 3 is 2.90 bits per heavy atom. The molecule has 0 fully saturated rings. The number of benzene rings is 2. The van der Waals surface area contributed by atoms with Gasteiger partial charge in [-0.15, -0.1) is 0 Å². The highest BCUT2D eigenvalue weighted by atomic mass is 19.1. The lowest BCUT2D eigenvalue weighted by Gasteiger charge is -2.17. The quantitative estimate of drug-likeness (QED) is 0.918. The second-order valence-corrected chi connectivity index (χ2v) is 5.68. The van der Waals surface area contributed by atoms with Crippen LogP contribution in [0.3, 0.4) is 0 Å². The first-order valence-electron chi connectivity index (χ1n) is 7.36. The van der Waals surface area contributed by atoms with Gasteiger partial charge in [-0.3, -0.25) is 0 Å². The lowest BCUT2D eigenvalue weighted by Crippen LogP contribution is -2.25. The van der Waals surface area contributed by atoms with Crippen molar-refractivity contribution in [3.63, 3.8) is 0 Å². The number of rotatable bonds is 4. The van der Waals surface area contributed by atoms with Crippen molar-refractivity contribution in [1.29, 1.82) is 0 Å². The summed E-state index contributed by atoms with van der Waals surface area (Å²) in [5, 5.41) is 3.48. The maximum atomic E-state index is 13.6. The maximum Gasteiger partial charge on any atom is 0.126 e. The topological polar surface area (TPSA) is 21.3 Å². The number of nitrogens with one attached hydrogen (secondary N) is 1. The first-order valence-corrected chi connectivity index (χ1v) is 7.36. The fraction of sp³-hybridized carbons (Fsp3) is 0.333. The van der Waals surface area contributed by atoms with E-state index in [-0.39, 0.29) is 11.9 Å². The molecule has 110 valence electrons. The molecule has 0 bridgehead atoms. The fourth-order valence-electron chi connectivity index (χ4n) is 2.71. The number of ether oxygens (including phenoxy) is 1. The molecule has 0 saturated carbocycles. The van der Waals surface area contributed by atoms with E-state index >= 15 is 0 Å². The Hall–Kier alpha value is -1.87. The minimum absolute atomic E-state index is 0.118. The van der Waals surface area contributed by atoms with Crippen molar-refractivity contribution < 1.29 is 9.13 Å². The molecule has 2 aromatic carbocycles. The van der Waals surface area contributed by atoms with E-state index < -0.39 is 0 Å². The summed E-state index contributed by atoms with van der Waals surface area (Å²) in [5.41, 5.74) is 2.92. The normalized spacial score (nSPS) is 18.1. The van der Waals surface area contributed by atoms with Gasteiger partial charge in [-0.2, -0.15) is 0 Å². The van der Waals surface area contributed by atoms with Crippen LogP contribution in [0.1, 0.15) is 35.6 Å². The summed E-state index contributed by atoms with van der Waals surface area (Å²) in [6.07, 6.45) is 0. The third-order valence-electron chi connectivity index (χ3n) is 4.17. The molecule has 0 amide bonds. The summed E-state index contributed by atoms with van der Waals surface area (Å²) in [6.45, 7) is 5.38. The molecule has 1 N–H and O–H groups in total. The van der Waals surface area contributed by atoms with Crippen LogP contribution in [0.25, 0.3) is 0 Å². The van der Waals surface area contributed by atoms with Crippen molar-refractivity contribution >= 4 is 0 Å². The van der Waals surface area contributed by atoms with Crippen molar-refractivity contribution in [3.05, 3.63) is 65.0 Å². The van der Waals surface area contributed by atoms with Crippen LogP contribution in [0, 0.1) is 12.7 Å². The Bertz CT molecular complexity index is 641. The molecule has 2 aromatic rings. The predicted molar refractivity (Wildman–Crippen MR) is 82.2 cm³/mol. The van der Waals surface area contributed by atoms with Crippen LogP contribution in [0.15, 0.2) is 42.5 Å². The van der Waals surface area contributed by atoms with Crippen LogP contribution >= 0.6 is 0 Å². The van der Waals surface area contributed by atoms with Crippen LogP contribution in [-0.4, -0.2) is 13.2 Å². The first-order chi connectivity index (χ1) is 10.1. The van der Waals surface area contributed by atoms with Crippen LogP contribution in [-0.2, 0) is 0 Å². The maximum absolute atomic E-state index is 13.6. The first kappa shape index (κ1) is 14.1. The van der Waals surface area contributed by atoms with Crippen LogP contribution < -0.4 is 10.1 Å². The monoisotopic (exact) mass is 285 g/mol. The molecule has 1 heterocycles. The Kier molecular flexibility index (Phi) is 3.93. The Labute approximate surface area is 125 Å². The predicted octanol–water partition coefficient (Wildman–Crippen LogP) is 3.96. The van der Waals surface area contributed by atoms with E-state index in [1.807, 2.05) is 30.3 Å². The molecule has 2 atom stereocenters. The summed E-state index contributed by atoms with van der Waals surface area (Å²) >= 11 is 0. The SMILES string of the molecule is Cc1ccc(C(C)NCC2COc3ccccc32)cc1F. The van der Waals surface area contributed by atoms with E-state index in [0.29, 0.717) is 18.1 Å². The Balaban J connectivity index is 1.64. The van der Waals surface area contributed by atoms with Gasteiger partial charge in [-0.05, 0) is 37.1 Å². The van der Waals surface area contributed by atoms with E-state index in [2.05, 4.69) is 18.3 Å². The molecule has 1 aliphatic rings. The highest BCUT2D eigenvalue weighted by Crippen LogP contribution is 2.33. The largest absolute Gasteiger partial charge is 0.493 e. The van der Waals surface area contributed by atoms with Crippen molar-refractivity contribution in [2.45, 2.75) is 25.8 Å². The van der Waals surface area contributed by atoms with Gasteiger partial charge in [0.1, 0.15) is 11.6 Å². The van der Waals surface area contributed by atoms with Crippen LogP contribution in [0.2, 0.25) is 0 Å². The van der Waals surface area contributed by atoms with Gasteiger partial charge in [-0.1, -0.05) is 30.3 Å². The van der Waals surface area contributed by atoms with Gasteiger partial charge in [0.15, 0.2) is 0 Å². The van der Waals surface area contributed by atoms with Gasteiger partial charge in [0, 0.05) is 24.1 Å². The molecular weight excluding hydrogens is 265 g/mol. The van der Waals surface area contributed by atoms with Crippen LogP contribution in [0.4, 0.5) is 4.39 Å². The number of aryl methyl sites for hydroxylation is 1. The summed E-state index contributed by atoms with van der Waals surface area (Å²) < 4.78 is 19.3. The van der Waals surface area contributed by atoms with Crippen LogP contribution in [0.5, 0.6) is 5.75 Å². The van der Waals surface area contributed by atoms with Crippen molar-refractivity contribution in [2.24, 2.45) is 0 Å². The minimum Gasteiger partial charge on any atom is -0.493 e. The molecule has 3 rings (SSSR count). The van der Waals surface area contributed by atoms with Gasteiger partial charge in [0.2, 0.25) is 0 Å². The zero-order valence-corrected chi connectivity index (χ0v) is 12.4. The average Bonchev–Trinajstić information content (AvgIpc) is 2.91. The highest BCUT2D eigenvalue weighted by Gasteiger charge is 2.23. The molecule has 21 heavy (non-hydrogen) atoms. The minimum atomic E-state index is -0.143. The molecule has 0 aromatic heterocycles. The van der Waals surface area contributed by atoms with Gasteiger partial charge in [0.05, 0.1) is 6.61 Å². The molecule has 0 saturated heterocycles. The van der Waals surface area contributed by atoms with Crippen molar-refractivity contribution in [1.82, 2.24) is 5.32 Å². The second-order valence-electron chi connectivity index (χ2n) is 5.68. The van der Waals surface area contributed by atoms with Gasteiger partial charge in [-0.25, -0.2) is 4.39 Å². The van der Waals surface area contributed by atoms with Crippen molar-refractivity contribution in [3.8, 4) is 5.75 Å². The van der Waals surface area contributed by atoms with E-state index in [1.54, 1.807) is 13.0 Å². The molecule has 0 aliphatic carbocycles. The number of halogens is 1. The highest BCUT2D eigenvalue weighted by molar-refractivity contribution is 5.39. The van der Waals surface area contributed by atoms with E-state index in [1.165, 1.54) is 5.56 Å². The lowest BCUT2D eigenvalue weighted by molar-refractivity contribution is 0.323. The summed E-state index contributed by atoms with van der Waals surface area (Å²) in [5.74, 6) is 1.20. The number of hydrogen-bond acceptors (Lipinski definition) is 2. The molecule has 2 nitrogen and oxygen atoms in total. The molecule has 0 radical (unpaired) electrons. The molecule has 3 heteroatoms. The molecular formula is C18H20FNO. The summed E-state index contributed by atoms with van der Waals surface area (Å²) in [6, 6.07) is 13.7. The van der Waals surface area contributed by atoms with E-state index in [9.17, 15) is 4.39 Å². The molecule has 2 unspecified atom stereocenters. The average molecular weight is 285 g/mol. The Morgan fingerprint density at radius 2 is 2.10 bits per heavy atom. The van der Waals surface area contributed by atoms with Gasteiger partial charge in [0.25, 0.3) is 0 Å². The third-order valence-corrected chi connectivity index (χ3v) is 4.17. The lowest BCUT2D eigenvalue weighted by atomic mass is 10.00. The second kappa shape index (κ2) is 5.86. The number of hydrogen-bond donors (Lipinski definition) is 1. The van der Waals surface area contributed by atoms with Gasteiger partial charge < -0.3 is 10.1 Å². The standard InChI is InChI=1S/C18H20FNO/c1-12-7-8-14(9-17(12)19)13(2)20-10-15-11-21-18-6-4-3-5-16(15)18/h3-9,13,15,20H,10-11H2,1-2H3. The zero-order valence-electron chi connectivity index (χ0n) is 12.4. The molecule has 0 spiro atoms. The summed E-state index contributed by atoms with van der Waals surface area (Å²) in [4.78, 5) is 0. The zero-order chi connectivity index (χ0) is 14.8. The molecule has 1 aliphatic heterocycles. The van der Waals surface area contributed by atoms with Crippen molar-refractivity contribution in [2.75, 3.05) is 13.2 Å². The van der Waals surface area contributed by atoms with Gasteiger partial charge >= 0.3 is 0 Å². The summed E-state index contributed by atoms with van der Waals surface area (Å²) in [7, 11) is 0. The number of fused-ring (bicyclic) bond motifs is 1. The van der Waals surface area contributed by atoms with E-state index in [4.69, 9.17) is 4.74 Å². The fourth-order valence-corrected chi connectivity index (χ4v) is 2.71. The number of para-hydroxylation sites is 1. The third kappa shape index (κ3) is 2.93. The Morgan fingerprint density at radius 1 is 1.29 bits per heavy atom. The van der Waals surface area contributed by atoms with E-state index in [0.717, 1.165) is 17.9 Å².